The molecule has 1 heterocycles. The minimum Gasteiger partial charge on any atom is -0.439 e. The molecule has 1 aromatic heterocycles. The van der Waals surface area contributed by atoms with Crippen molar-refractivity contribution in [2.75, 3.05) is 6.54 Å². The molecule has 1 rings (SSSR count). The van der Waals surface area contributed by atoms with Crippen LogP contribution < -0.4 is 5.73 Å². The highest BCUT2D eigenvalue weighted by Gasteiger charge is 2.09. The number of hydrogen-bond donors (Lipinski definition) is 2. The van der Waals surface area contributed by atoms with Gasteiger partial charge in [0.25, 0.3) is 4.80 Å². The van der Waals surface area contributed by atoms with E-state index in [1.54, 1.807) is 0 Å². The monoisotopic (exact) mass is 206 g/mol. The molecule has 1 unspecified atom stereocenters. The van der Waals surface area contributed by atoms with Gasteiger partial charge in [-0.1, -0.05) is 0 Å². The summed E-state index contributed by atoms with van der Waals surface area (Å²) < 4.78 is 4.78. The molecule has 0 spiro atoms. The van der Waals surface area contributed by atoms with Gasteiger partial charge >= 0.3 is 0 Å². The average molecular weight is 207 g/mol. The minimum absolute atomic E-state index is 0.152. The molecular formula is C5H7BrN2O2. The van der Waals surface area contributed by atoms with E-state index in [-0.39, 0.29) is 6.54 Å². The lowest BCUT2D eigenvalue weighted by molar-refractivity contribution is 0.181. The molecule has 4 nitrogen and oxygen atoms in total. The highest BCUT2D eigenvalue weighted by Crippen LogP contribution is 2.14. The quantitative estimate of drug-likeness (QED) is 0.737. The summed E-state index contributed by atoms with van der Waals surface area (Å²) in [7, 11) is 0. The zero-order valence-corrected chi connectivity index (χ0v) is 6.71. The van der Waals surface area contributed by atoms with Gasteiger partial charge in [-0.05, 0) is 0 Å². The number of oxazole rings is 1. The first-order chi connectivity index (χ1) is 4.74. The number of hydrogen-bond acceptors (Lipinski definition) is 4. The van der Waals surface area contributed by atoms with E-state index in [9.17, 15) is 0 Å². The summed E-state index contributed by atoms with van der Waals surface area (Å²) in [6.45, 7) is 0.152. The molecule has 0 fully saturated rings. The van der Waals surface area contributed by atoms with Gasteiger partial charge in [0, 0.05) is 22.5 Å². The number of nitrogens with two attached hydrogens (primary N) is 1. The fourth-order valence-corrected chi connectivity index (χ4v) is 0.835. The second kappa shape index (κ2) is 3.14. The number of aliphatic hydroxyl groups is 1. The molecule has 3 N–H and O–H groups in total. The fourth-order valence-electron chi connectivity index (χ4n) is 0.537. The van der Waals surface area contributed by atoms with Crippen LogP contribution in [0.5, 0.6) is 0 Å². The van der Waals surface area contributed by atoms with Crippen LogP contribution in [0.1, 0.15) is 11.8 Å². The molecule has 0 bridgehead atoms. The van der Waals surface area contributed by atoms with Gasteiger partial charge in [0.05, 0.1) is 0 Å². The molecular weight excluding hydrogens is 200 g/mol. The van der Waals surface area contributed by atoms with E-state index in [4.69, 9.17) is 15.3 Å². The maximum atomic E-state index is 9.07. The highest BCUT2D eigenvalue weighted by atomic mass is 79.9. The third kappa shape index (κ3) is 1.56. The Kier molecular flexibility index (Phi) is 2.42. The van der Waals surface area contributed by atoms with Crippen molar-refractivity contribution < 1.29 is 9.52 Å². The Hall–Kier alpha value is -0.390. The molecule has 1 atom stereocenters. The molecule has 0 saturated heterocycles. The van der Waals surface area contributed by atoms with E-state index in [2.05, 4.69) is 20.9 Å². The van der Waals surface area contributed by atoms with Crippen molar-refractivity contribution in [3.63, 3.8) is 0 Å². The lowest BCUT2D eigenvalue weighted by atomic mass is 10.3. The zero-order chi connectivity index (χ0) is 7.56. The molecule has 10 heavy (non-hydrogen) atoms. The first kappa shape index (κ1) is 7.71. The van der Waals surface area contributed by atoms with Gasteiger partial charge in [0.2, 0.25) is 0 Å². The minimum atomic E-state index is -0.727. The smallest absolute Gasteiger partial charge is 0.264 e. The average Bonchev–Trinajstić information content (AvgIpc) is 2.34. The lowest BCUT2D eigenvalue weighted by Crippen LogP contribution is -2.11. The number of nitrogens with zero attached hydrogens (tertiary/aromatic N) is 1. The third-order valence-corrected chi connectivity index (χ3v) is 1.42. The third-order valence-electron chi connectivity index (χ3n) is 1.06. The normalized spacial score (nSPS) is 13.5. The van der Waals surface area contributed by atoms with Crippen molar-refractivity contribution in [1.29, 1.82) is 0 Å². The molecule has 1 aromatic rings. The molecule has 0 aliphatic heterocycles. The van der Waals surface area contributed by atoms with Gasteiger partial charge < -0.3 is 15.3 Å². The lowest BCUT2D eigenvalue weighted by Gasteiger charge is -1.99. The summed E-state index contributed by atoms with van der Waals surface area (Å²) in [5.74, 6) is 0. The topological polar surface area (TPSA) is 72.3 Å². The summed E-state index contributed by atoms with van der Waals surface area (Å²) >= 11 is 3.00. The first-order valence-electron chi connectivity index (χ1n) is 2.73. The molecule has 0 radical (unpaired) electrons. The zero-order valence-electron chi connectivity index (χ0n) is 5.12. The van der Waals surface area contributed by atoms with Gasteiger partial charge in [-0.25, -0.2) is 4.98 Å². The van der Waals surface area contributed by atoms with E-state index >= 15 is 0 Å². The summed E-state index contributed by atoms with van der Waals surface area (Å²) in [4.78, 5) is 4.16. The van der Waals surface area contributed by atoms with Crippen LogP contribution in [0, 0.1) is 0 Å². The highest BCUT2D eigenvalue weighted by molar-refractivity contribution is 9.10. The van der Waals surface area contributed by atoms with Crippen LogP contribution in [0.15, 0.2) is 15.5 Å². The Morgan fingerprint density at radius 3 is 3.00 bits per heavy atom. The Bertz CT molecular complexity index is 213. The number of rotatable bonds is 2. The van der Waals surface area contributed by atoms with Crippen LogP contribution in [0.2, 0.25) is 0 Å². The molecule has 0 aliphatic carbocycles. The van der Waals surface area contributed by atoms with Crippen molar-refractivity contribution in [1.82, 2.24) is 4.98 Å². The van der Waals surface area contributed by atoms with Crippen molar-refractivity contribution in [3.05, 3.63) is 16.8 Å². The fraction of sp³-hybridized carbons (Fsp3) is 0.400. The van der Waals surface area contributed by atoms with E-state index in [0.29, 0.717) is 10.5 Å². The van der Waals surface area contributed by atoms with E-state index in [1.807, 2.05) is 0 Å². The molecule has 56 valence electrons. The number of aromatic nitrogens is 1. The predicted molar refractivity (Wildman–Crippen MR) is 38.2 cm³/mol. The van der Waals surface area contributed by atoms with Crippen molar-refractivity contribution in [2.45, 2.75) is 6.10 Å². The van der Waals surface area contributed by atoms with Crippen molar-refractivity contribution in [2.24, 2.45) is 5.73 Å². The Morgan fingerprint density at radius 1 is 1.90 bits per heavy atom. The Morgan fingerprint density at radius 2 is 2.60 bits per heavy atom. The van der Waals surface area contributed by atoms with Crippen LogP contribution in [-0.2, 0) is 0 Å². The van der Waals surface area contributed by atoms with Crippen LogP contribution in [0.3, 0.4) is 0 Å². The molecule has 0 amide bonds. The van der Waals surface area contributed by atoms with E-state index in [0.717, 1.165) is 0 Å². The first-order valence-corrected chi connectivity index (χ1v) is 3.52. The van der Waals surface area contributed by atoms with Crippen LogP contribution in [-0.4, -0.2) is 16.6 Å². The van der Waals surface area contributed by atoms with Crippen molar-refractivity contribution in [3.8, 4) is 0 Å². The van der Waals surface area contributed by atoms with Crippen molar-refractivity contribution >= 4 is 15.9 Å². The van der Waals surface area contributed by atoms with Gasteiger partial charge in [-0.2, -0.15) is 0 Å². The summed E-state index contributed by atoms with van der Waals surface area (Å²) in [5.41, 5.74) is 5.62. The van der Waals surface area contributed by atoms with Gasteiger partial charge in [0.15, 0.2) is 0 Å². The SMILES string of the molecule is NCC(O)c1coc(Br)n1. The largest absolute Gasteiger partial charge is 0.439 e. The molecule has 0 saturated carbocycles. The van der Waals surface area contributed by atoms with Gasteiger partial charge in [-0.15, -0.1) is 0 Å². The number of aliphatic hydroxyl groups excluding tert-OH is 1. The maximum Gasteiger partial charge on any atom is 0.264 e. The second-order valence-corrected chi connectivity index (χ2v) is 2.46. The van der Waals surface area contributed by atoms with Crippen LogP contribution in [0.4, 0.5) is 0 Å². The van der Waals surface area contributed by atoms with Crippen LogP contribution in [0.25, 0.3) is 0 Å². The van der Waals surface area contributed by atoms with Gasteiger partial charge in [0.1, 0.15) is 18.1 Å². The Balaban J connectivity index is 2.74. The molecule has 0 aromatic carbocycles. The standard InChI is InChI=1S/C5H7BrN2O2/c6-5-8-3(2-10-5)4(9)1-7/h2,4,9H,1,7H2. The second-order valence-electron chi connectivity index (χ2n) is 1.78. The van der Waals surface area contributed by atoms with E-state index in [1.165, 1.54) is 6.26 Å². The molecule has 5 heteroatoms. The van der Waals surface area contributed by atoms with Gasteiger partial charge in [-0.3, -0.25) is 0 Å². The van der Waals surface area contributed by atoms with Crippen LogP contribution >= 0.6 is 15.9 Å². The summed E-state index contributed by atoms with van der Waals surface area (Å²) in [6.07, 6.45) is 0.636. The molecule has 0 aliphatic rings. The Labute approximate surface area is 66.2 Å². The van der Waals surface area contributed by atoms with E-state index < -0.39 is 6.10 Å². The summed E-state index contributed by atoms with van der Waals surface area (Å²) in [5, 5.41) is 9.07. The maximum absolute atomic E-state index is 9.07. The number of halogens is 1. The summed E-state index contributed by atoms with van der Waals surface area (Å²) in [6, 6.07) is 0. The predicted octanol–water partition coefficient (Wildman–Crippen LogP) is 0.429.